The van der Waals surface area contributed by atoms with Gasteiger partial charge in [-0.05, 0) is 24.3 Å². The highest BCUT2D eigenvalue weighted by atomic mass is 35.5. The van der Waals surface area contributed by atoms with Crippen molar-refractivity contribution < 1.29 is 25.2 Å². The van der Waals surface area contributed by atoms with Crippen molar-refractivity contribution in [1.29, 1.82) is 0 Å². The highest BCUT2D eigenvalue weighted by Crippen LogP contribution is 2.23. The molecule has 1 aliphatic rings. The average Bonchev–Trinajstić information content (AvgIpc) is 2.42. The third kappa shape index (κ3) is 3.17. The topological polar surface area (TPSA) is 102 Å². The molecule has 1 fully saturated rings. The first-order chi connectivity index (χ1) is 9.02. The van der Waals surface area contributed by atoms with Crippen molar-refractivity contribution in [2.75, 3.05) is 11.9 Å². The second-order valence-corrected chi connectivity index (χ2v) is 4.84. The molecule has 1 aromatic rings. The molecule has 0 unspecified atom stereocenters. The van der Waals surface area contributed by atoms with E-state index in [0.717, 1.165) is 0 Å². The van der Waals surface area contributed by atoms with E-state index in [-0.39, 0.29) is 0 Å². The molecule has 0 saturated carbocycles. The number of rotatable bonds is 3. The van der Waals surface area contributed by atoms with E-state index in [0.29, 0.717) is 10.7 Å². The average molecular weight is 290 g/mol. The lowest BCUT2D eigenvalue weighted by atomic mass is 9.98. The van der Waals surface area contributed by atoms with Crippen molar-refractivity contribution in [3.8, 4) is 0 Å². The Morgan fingerprint density at radius 2 is 1.68 bits per heavy atom. The van der Waals surface area contributed by atoms with Crippen LogP contribution in [0.2, 0.25) is 5.02 Å². The maximum Gasteiger partial charge on any atom is 0.157 e. The molecule has 0 bridgehead atoms. The number of ether oxygens (including phenoxy) is 1. The van der Waals surface area contributed by atoms with Crippen molar-refractivity contribution in [2.24, 2.45) is 0 Å². The first-order valence-corrected chi connectivity index (χ1v) is 6.23. The summed E-state index contributed by atoms with van der Waals surface area (Å²) in [6.45, 7) is -0.455. The molecule has 1 aromatic carbocycles. The first-order valence-electron chi connectivity index (χ1n) is 5.85. The monoisotopic (exact) mass is 289 g/mol. The molecule has 1 aliphatic heterocycles. The second kappa shape index (κ2) is 6.04. The molecule has 0 radical (unpaired) electrons. The number of aliphatic hydroxyl groups is 4. The predicted molar refractivity (Wildman–Crippen MR) is 68.8 cm³/mol. The Hall–Kier alpha value is -0.890. The van der Waals surface area contributed by atoms with Crippen molar-refractivity contribution >= 4 is 17.3 Å². The lowest BCUT2D eigenvalue weighted by Crippen LogP contribution is -2.60. The van der Waals surface area contributed by atoms with Gasteiger partial charge < -0.3 is 30.5 Å². The third-order valence-corrected chi connectivity index (χ3v) is 3.30. The van der Waals surface area contributed by atoms with E-state index in [9.17, 15) is 15.3 Å². The normalized spacial score (nSPS) is 35.1. The number of nitrogens with one attached hydrogen (secondary N) is 1. The molecule has 19 heavy (non-hydrogen) atoms. The van der Waals surface area contributed by atoms with Crippen LogP contribution in [0.4, 0.5) is 5.69 Å². The summed E-state index contributed by atoms with van der Waals surface area (Å²) < 4.78 is 5.31. The van der Waals surface area contributed by atoms with Crippen molar-refractivity contribution in [3.63, 3.8) is 0 Å². The predicted octanol–water partition coefficient (Wildman–Crippen LogP) is -0.448. The zero-order valence-corrected chi connectivity index (χ0v) is 10.7. The van der Waals surface area contributed by atoms with Crippen molar-refractivity contribution in [3.05, 3.63) is 29.3 Å². The maximum absolute atomic E-state index is 9.83. The number of anilines is 1. The molecule has 0 aliphatic carbocycles. The summed E-state index contributed by atoms with van der Waals surface area (Å²) in [5.41, 5.74) is 0.633. The van der Waals surface area contributed by atoms with Crippen LogP contribution in [0, 0.1) is 0 Å². The fraction of sp³-hybridized carbons (Fsp3) is 0.500. The van der Waals surface area contributed by atoms with E-state index in [1.54, 1.807) is 24.3 Å². The highest BCUT2D eigenvalue weighted by molar-refractivity contribution is 6.30. The Labute approximate surface area is 115 Å². The molecule has 0 amide bonds. The summed E-state index contributed by atoms with van der Waals surface area (Å²) in [4.78, 5) is 0. The van der Waals surface area contributed by atoms with Gasteiger partial charge in [-0.25, -0.2) is 0 Å². The summed E-state index contributed by atoms with van der Waals surface area (Å²) in [6, 6.07) is 6.69. The number of halogens is 1. The largest absolute Gasteiger partial charge is 0.394 e. The Balaban J connectivity index is 2.08. The minimum atomic E-state index is -1.39. The Morgan fingerprint density at radius 3 is 2.26 bits per heavy atom. The Bertz CT molecular complexity index is 413. The summed E-state index contributed by atoms with van der Waals surface area (Å²) in [7, 11) is 0. The fourth-order valence-corrected chi connectivity index (χ4v) is 2.06. The van der Waals surface area contributed by atoms with Crippen LogP contribution >= 0.6 is 11.6 Å². The zero-order valence-electron chi connectivity index (χ0n) is 9.98. The molecule has 106 valence electrons. The van der Waals surface area contributed by atoms with E-state index in [1.165, 1.54) is 0 Å². The molecule has 6 nitrogen and oxygen atoms in total. The number of aliphatic hydroxyl groups excluding tert-OH is 4. The van der Waals surface area contributed by atoms with Crippen LogP contribution in [0.25, 0.3) is 0 Å². The van der Waals surface area contributed by atoms with Crippen LogP contribution in [-0.4, -0.2) is 57.7 Å². The first kappa shape index (κ1) is 14.5. The highest BCUT2D eigenvalue weighted by Gasteiger charge is 2.43. The summed E-state index contributed by atoms with van der Waals surface area (Å²) >= 11 is 5.76. The quantitative estimate of drug-likeness (QED) is 0.517. The van der Waals surface area contributed by atoms with Crippen molar-refractivity contribution in [1.82, 2.24) is 0 Å². The molecule has 7 heteroatoms. The number of benzene rings is 1. The van der Waals surface area contributed by atoms with Gasteiger partial charge in [0.05, 0.1) is 6.61 Å². The van der Waals surface area contributed by atoms with Crippen LogP contribution in [0.3, 0.4) is 0 Å². The van der Waals surface area contributed by atoms with E-state index in [1.807, 2.05) is 0 Å². The minimum Gasteiger partial charge on any atom is -0.394 e. The molecule has 5 atom stereocenters. The van der Waals surface area contributed by atoms with Gasteiger partial charge in [0.15, 0.2) is 6.23 Å². The van der Waals surface area contributed by atoms with Gasteiger partial charge >= 0.3 is 0 Å². The van der Waals surface area contributed by atoms with E-state index < -0.39 is 37.3 Å². The molecular formula is C12H16ClNO5. The lowest BCUT2D eigenvalue weighted by molar-refractivity contribution is -0.221. The molecule has 0 spiro atoms. The van der Waals surface area contributed by atoms with Gasteiger partial charge in [-0.1, -0.05) is 11.6 Å². The Kier molecular flexibility index (Phi) is 4.62. The summed E-state index contributed by atoms with van der Waals surface area (Å²) in [5, 5.41) is 41.6. The maximum atomic E-state index is 9.83. The van der Waals surface area contributed by atoms with Crippen LogP contribution in [0.15, 0.2) is 24.3 Å². The van der Waals surface area contributed by atoms with Gasteiger partial charge in [-0.3, -0.25) is 0 Å². The van der Waals surface area contributed by atoms with E-state index in [2.05, 4.69) is 5.32 Å². The zero-order chi connectivity index (χ0) is 14.0. The van der Waals surface area contributed by atoms with Gasteiger partial charge in [0, 0.05) is 10.7 Å². The molecule has 2 rings (SSSR count). The Morgan fingerprint density at radius 1 is 1.05 bits per heavy atom. The van der Waals surface area contributed by atoms with Crippen LogP contribution in [0.1, 0.15) is 0 Å². The fourth-order valence-electron chi connectivity index (χ4n) is 1.93. The molecule has 5 N–H and O–H groups in total. The second-order valence-electron chi connectivity index (χ2n) is 4.40. The van der Waals surface area contributed by atoms with Crippen LogP contribution in [-0.2, 0) is 4.74 Å². The molecular weight excluding hydrogens is 274 g/mol. The standard InChI is InChI=1S/C12H16ClNO5/c13-6-1-3-7(4-2-6)14-12-11(18)10(17)9(16)8(5-15)19-12/h1-4,8-12,14-18H,5H2/t8-,9+,10+,11-,12+/m0/s1. The van der Waals surface area contributed by atoms with Gasteiger partial charge in [-0.2, -0.15) is 0 Å². The molecule has 1 heterocycles. The van der Waals surface area contributed by atoms with Crippen LogP contribution < -0.4 is 5.32 Å². The number of hydrogen-bond acceptors (Lipinski definition) is 6. The van der Waals surface area contributed by atoms with E-state index >= 15 is 0 Å². The molecule has 0 aromatic heterocycles. The lowest BCUT2D eigenvalue weighted by Gasteiger charge is -2.40. The minimum absolute atomic E-state index is 0.455. The van der Waals surface area contributed by atoms with Gasteiger partial charge in [0.25, 0.3) is 0 Å². The third-order valence-electron chi connectivity index (χ3n) is 3.05. The number of hydrogen-bond donors (Lipinski definition) is 5. The van der Waals surface area contributed by atoms with Gasteiger partial charge in [0.1, 0.15) is 24.4 Å². The van der Waals surface area contributed by atoms with Crippen molar-refractivity contribution in [2.45, 2.75) is 30.6 Å². The van der Waals surface area contributed by atoms with Crippen LogP contribution in [0.5, 0.6) is 0 Å². The molecule has 1 saturated heterocycles. The SMILES string of the molecule is OC[C@@H]1O[C@@H](Nc2ccc(Cl)cc2)[C@@H](O)[C@H](O)[C@@H]1O. The van der Waals surface area contributed by atoms with E-state index in [4.69, 9.17) is 21.4 Å². The smallest absolute Gasteiger partial charge is 0.157 e. The van der Waals surface area contributed by atoms with Gasteiger partial charge in [0.2, 0.25) is 0 Å². The summed E-state index contributed by atoms with van der Waals surface area (Å²) in [5.74, 6) is 0. The van der Waals surface area contributed by atoms with Gasteiger partial charge in [-0.15, -0.1) is 0 Å². The summed E-state index contributed by atoms with van der Waals surface area (Å²) in [6.07, 6.45) is -5.92.